The predicted molar refractivity (Wildman–Crippen MR) is 53.5 cm³/mol. The van der Waals surface area contributed by atoms with E-state index in [1.807, 2.05) is 0 Å². The van der Waals surface area contributed by atoms with E-state index < -0.39 is 0 Å². The molecule has 1 aromatic heterocycles. The van der Waals surface area contributed by atoms with Crippen molar-refractivity contribution in [1.82, 2.24) is 9.97 Å². The highest BCUT2D eigenvalue weighted by Crippen LogP contribution is 2.19. The van der Waals surface area contributed by atoms with Crippen molar-refractivity contribution in [1.29, 1.82) is 0 Å². The number of nitrogens with zero attached hydrogens (tertiary/aromatic N) is 2. The van der Waals surface area contributed by atoms with Crippen LogP contribution < -0.4 is 11.5 Å². The molecule has 0 aromatic carbocycles. The summed E-state index contributed by atoms with van der Waals surface area (Å²) in [5, 5.41) is 0. The Morgan fingerprint density at radius 2 is 2.36 bits per heavy atom. The number of rotatable bonds is 2. The molecule has 0 spiro atoms. The van der Waals surface area contributed by atoms with Crippen LogP contribution in [-0.4, -0.2) is 22.7 Å². The van der Waals surface area contributed by atoms with Crippen molar-refractivity contribution in [3.05, 3.63) is 11.8 Å². The zero-order chi connectivity index (χ0) is 9.97. The van der Waals surface area contributed by atoms with Gasteiger partial charge < -0.3 is 16.2 Å². The molecule has 1 saturated heterocycles. The Balaban J connectivity index is 2.08. The molecule has 14 heavy (non-hydrogen) atoms. The normalized spacial score (nSPS) is 21.3. The highest BCUT2D eigenvalue weighted by atomic mass is 16.5. The molecule has 1 unspecified atom stereocenters. The summed E-state index contributed by atoms with van der Waals surface area (Å²) in [5.41, 5.74) is 12.0. The van der Waals surface area contributed by atoms with E-state index in [0.717, 1.165) is 31.4 Å². The number of aromatic nitrogens is 2. The molecule has 76 valence electrons. The van der Waals surface area contributed by atoms with Crippen LogP contribution in [0, 0.1) is 0 Å². The lowest BCUT2D eigenvalue weighted by Crippen LogP contribution is -2.12. The van der Waals surface area contributed by atoms with Gasteiger partial charge >= 0.3 is 0 Å². The lowest BCUT2D eigenvalue weighted by Gasteiger charge is -2.10. The molecule has 0 aliphatic carbocycles. The largest absolute Gasteiger partial charge is 0.383 e. The minimum Gasteiger partial charge on any atom is -0.383 e. The van der Waals surface area contributed by atoms with Gasteiger partial charge in [0.05, 0.1) is 6.10 Å². The molecule has 1 aliphatic rings. The summed E-state index contributed by atoms with van der Waals surface area (Å²) in [7, 11) is 0. The van der Waals surface area contributed by atoms with Crippen LogP contribution in [0.25, 0.3) is 0 Å². The first-order valence-electron chi connectivity index (χ1n) is 4.74. The van der Waals surface area contributed by atoms with E-state index in [-0.39, 0.29) is 12.1 Å². The minimum absolute atomic E-state index is 0.221. The smallest absolute Gasteiger partial charge is 0.221 e. The van der Waals surface area contributed by atoms with Gasteiger partial charge in [-0.3, -0.25) is 0 Å². The van der Waals surface area contributed by atoms with Gasteiger partial charge in [0.2, 0.25) is 5.95 Å². The van der Waals surface area contributed by atoms with Gasteiger partial charge in [-0.2, -0.15) is 4.98 Å². The topological polar surface area (TPSA) is 87.0 Å². The third-order valence-electron chi connectivity index (χ3n) is 2.39. The Morgan fingerprint density at radius 3 is 3.00 bits per heavy atom. The van der Waals surface area contributed by atoms with Crippen LogP contribution in [-0.2, 0) is 11.2 Å². The van der Waals surface area contributed by atoms with Crippen molar-refractivity contribution < 1.29 is 4.74 Å². The molecule has 4 N–H and O–H groups in total. The van der Waals surface area contributed by atoms with E-state index in [2.05, 4.69) is 9.97 Å². The number of anilines is 2. The molecule has 2 heterocycles. The Kier molecular flexibility index (Phi) is 2.49. The van der Waals surface area contributed by atoms with E-state index in [1.54, 1.807) is 6.20 Å². The zero-order valence-corrected chi connectivity index (χ0v) is 7.94. The van der Waals surface area contributed by atoms with Crippen molar-refractivity contribution in [3.63, 3.8) is 0 Å². The maximum Gasteiger partial charge on any atom is 0.221 e. The minimum atomic E-state index is 0.221. The van der Waals surface area contributed by atoms with Crippen molar-refractivity contribution in [2.24, 2.45) is 0 Å². The number of hydrogen-bond donors (Lipinski definition) is 2. The van der Waals surface area contributed by atoms with E-state index in [0.29, 0.717) is 5.82 Å². The molecule has 2 rings (SSSR count). The van der Waals surface area contributed by atoms with Gasteiger partial charge in [0, 0.05) is 24.8 Å². The summed E-state index contributed by atoms with van der Waals surface area (Å²) in [4.78, 5) is 7.82. The van der Waals surface area contributed by atoms with Gasteiger partial charge in [-0.25, -0.2) is 4.98 Å². The lowest BCUT2D eigenvalue weighted by atomic mass is 10.1. The predicted octanol–water partition coefficient (Wildman–Crippen LogP) is 0.362. The summed E-state index contributed by atoms with van der Waals surface area (Å²) in [6.45, 7) is 0.848. The van der Waals surface area contributed by atoms with Crippen LogP contribution in [0.2, 0.25) is 0 Å². The molecule has 1 aromatic rings. The Labute approximate surface area is 82.5 Å². The van der Waals surface area contributed by atoms with Gasteiger partial charge in [-0.15, -0.1) is 0 Å². The third kappa shape index (κ3) is 1.93. The molecule has 5 heteroatoms. The molecule has 0 radical (unpaired) electrons. The van der Waals surface area contributed by atoms with Gasteiger partial charge in [0.15, 0.2) is 0 Å². The second-order valence-electron chi connectivity index (χ2n) is 3.48. The molecular weight excluding hydrogens is 180 g/mol. The molecule has 1 atom stereocenters. The second-order valence-corrected chi connectivity index (χ2v) is 3.48. The van der Waals surface area contributed by atoms with Crippen LogP contribution >= 0.6 is 0 Å². The Bertz CT molecular complexity index is 323. The fourth-order valence-corrected chi connectivity index (χ4v) is 1.64. The molecule has 1 aliphatic heterocycles. The third-order valence-corrected chi connectivity index (χ3v) is 2.39. The SMILES string of the molecule is Nc1ncc(CC2CCCO2)c(N)n1. The highest BCUT2D eigenvalue weighted by Gasteiger charge is 2.17. The van der Waals surface area contributed by atoms with E-state index in [4.69, 9.17) is 16.2 Å². The van der Waals surface area contributed by atoms with Crippen molar-refractivity contribution in [3.8, 4) is 0 Å². The van der Waals surface area contributed by atoms with Gasteiger partial charge in [-0.1, -0.05) is 0 Å². The van der Waals surface area contributed by atoms with Crippen molar-refractivity contribution in [2.75, 3.05) is 18.1 Å². The lowest BCUT2D eigenvalue weighted by molar-refractivity contribution is 0.111. The first-order chi connectivity index (χ1) is 6.75. The summed E-state index contributed by atoms with van der Waals surface area (Å²) < 4.78 is 5.50. The van der Waals surface area contributed by atoms with Crippen LogP contribution in [0.3, 0.4) is 0 Å². The molecule has 0 amide bonds. The second kappa shape index (κ2) is 3.79. The average molecular weight is 194 g/mol. The number of nitrogen functional groups attached to an aromatic ring is 2. The highest BCUT2D eigenvalue weighted by molar-refractivity contribution is 5.41. The summed E-state index contributed by atoms with van der Waals surface area (Å²) >= 11 is 0. The monoisotopic (exact) mass is 194 g/mol. The van der Waals surface area contributed by atoms with Crippen LogP contribution in [0.5, 0.6) is 0 Å². The van der Waals surface area contributed by atoms with Gasteiger partial charge in [0.25, 0.3) is 0 Å². The van der Waals surface area contributed by atoms with Crippen molar-refractivity contribution in [2.45, 2.75) is 25.4 Å². The Morgan fingerprint density at radius 1 is 1.50 bits per heavy atom. The van der Waals surface area contributed by atoms with Crippen LogP contribution in [0.1, 0.15) is 18.4 Å². The van der Waals surface area contributed by atoms with Gasteiger partial charge in [0.1, 0.15) is 5.82 Å². The quantitative estimate of drug-likeness (QED) is 0.710. The van der Waals surface area contributed by atoms with E-state index in [1.165, 1.54) is 0 Å². The standard InChI is InChI=1S/C9H14N4O/c10-8-6(5-12-9(11)13-8)4-7-2-1-3-14-7/h5,7H,1-4H2,(H4,10,11,12,13). The summed E-state index contributed by atoms with van der Waals surface area (Å²) in [6.07, 6.45) is 4.94. The molecule has 1 fully saturated rings. The number of hydrogen-bond acceptors (Lipinski definition) is 5. The molecule has 0 bridgehead atoms. The van der Waals surface area contributed by atoms with E-state index in [9.17, 15) is 0 Å². The zero-order valence-electron chi connectivity index (χ0n) is 7.94. The van der Waals surface area contributed by atoms with E-state index >= 15 is 0 Å². The number of ether oxygens (including phenoxy) is 1. The first-order valence-corrected chi connectivity index (χ1v) is 4.74. The maximum absolute atomic E-state index is 5.71. The maximum atomic E-state index is 5.71. The molecular formula is C9H14N4O. The molecule has 0 saturated carbocycles. The Hall–Kier alpha value is -1.36. The van der Waals surface area contributed by atoms with Crippen molar-refractivity contribution >= 4 is 11.8 Å². The fraction of sp³-hybridized carbons (Fsp3) is 0.556. The summed E-state index contributed by atoms with van der Waals surface area (Å²) in [6, 6.07) is 0. The number of nitrogens with two attached hydrogens (primary N) is 2. The van der Waals surface area contributed by atoms with Crippen LogP contribution in [0.4, 0.5) is 11.8 Å². The first kappa shape index (κ1) is 9.21. The summed E-state index contributed by atoms with van der Waals surface area (Å²) in [5.74, 6) is 0.687. The van der Waals surface area contributed by atoms with Gasteiger partial charge in [-0.05, 0) is 12.8 Å². The van der Waals surface area contributed by atoms with Crippen LogP contribution in [0.15, 0.2) is 6.20 Å². The molecule has 5 nitrogen and oxygen atoms in total. The fourth-order valence-electron chi connectivity index (χ4n) is 1.64. The average Bonchev–Trinajstić information content (AvgIpc) is 2.62.